The first-order valence-electron chi connectivity index (χ1n) is 8.37. The highest BCUT2D eigenvalue weighted by Gasteiger charge is 2.00. The Bertz CT molecular complexity index is 594. The normalized spacial score (nSPS) is 11.1. The van der Waals surface area contributed by atoms with E-state index < -0.39 is 0 Å². The molecule has 0 bridgehead atoms. The molecule has 6 heteroatoms. The average molecular weight is 441 g/mol. The molecule has 0 amide bonds. The van der Waals surface area contributed by atoms with E-state index in [1.165, 1.54) is 24.8 Å². The highest BCUT2D eigenvalue weighted by atomic mass is 127. The summed E-state index contributed by atoms with van der Waals surface area (Å²) >= 11 is 0. The number of nitrogens with one attached hydrogen (secondary N) is 1. The first-order chi connectivity index (χ1) is 11.3. The Hall–Kier alpha value is -1.57. The van der Waals surface area contributed by atoms with Gasteiger partial charge in [-0.1, -0.05) is 56.5 Å². The van der Waals surface area contributed by atoms with E-state index in [9.17, 15) is 0 Å². The highest BCUT2D eigenvalue weighted by molar-refractivity contribution is 14.0. The second-order valence-corrected chi connectivity index (χ2v) is 5.72. The third-order valence-electron chi connectivity index (χ3n) is 3.64. The van der Waals surface area contributed by atoms with Crippen LogP contribution >= 0.6 is 24.0 Å². The Morgan fingerprint density at radius 3 is 2.71 bits per heavy atom. The van der Waals surface area contributed by atoms with Crippen LogP contribution in [-0.2, 0) is 13.1 Å². The van der Waals surface area contributed by atoms with Gasteiger partial charge in [0, 0.05) is 18.3 Å². The number of unbranched alkanes of at least 4 members (excludes halogenated alkanes) is 3. The van der Waals surface area contributed by atoms with Crippen molar-refractivity contribution in [2.24, 2.45) is 10.7 Å². The number of hydrogen-bond acceptors (Lipinski definition) is 2. The standard InChI is InChI=1S/C18H27N5.HI/c1-2-3-4-8-11-20-18(19)21-12-17-13-22-23(15-17)14-16-9-6-5-7-10-16;/h5-7,9-10,13,15H,2-4,8,11-12,14H2,1H3,(H3,19,20,21);1H. The van der Waals surface area contributed by atoms with Gasteiger partial charge in [0.1, 0.15) is 0 Å². The quantitative estimate of drug-likeness (QED) is 0.271. The molecule has 0 radical (unpaired) electrons. The molecule has 0 saturated heterocycles. The molecule has 3 N–H and O–H groups in total. The average Bonchev–Trinajstić information content (AvgIpc) is 3.01. The van der Waals surface area contributed by atoms with Crippen LogP contribution in [0, 0.1) is 0 Å². The van der Waals surface area contributed by atoms with E-state index in [2.05, 4.69) is 34.5 Å². The lowest BCUT2D eigenvalue weighted by Crippen LogP contribution is -2.32. The lowest BCUT2D eigenvalue weighted by atomic mass is 10.2. The molecule has 0 spiro atoms. The van der Waals surface area contributed by atoms with Crippen molar-refractivity contribution in [3.05, 3.63) is 53.9 Å². The second-order valence-electron chi connectivity index (χ2n) is 5.72. The second kappa shape index (κ2) is 11.9. The molecule has 5 nitrogen and oxygen atoms in total. The summed E-state index contributed by atoms with van der Waals surface area (Å²) in [6, 6.07) is 10.3. The first kappa shape index (κ1) is 20.5. The van der Waals surface area contributed by atoms with Gasteiger partial charge in [0.05, 0.1) is 19.3 Å². The number of hydrogen-bond donors (Lipinski definition) is 2. The maximum atomic E-state index is 5.88. The molecule has 0 aliphatic carbocycles. The summed E-state index contributed by atoms with van der Waals surface area (Å²) in [5, 5.41) is 7.53. The van der Waals surface area contributed by atoms with Crippen LogP contribution in [-0.4, -0.2) is 22.3 Å². The summed E-state index contributed by atoms with van der Waals surface area (Å²) in [7, 11) is 0. The smallest absolute Gasteiger partial charge is 0.188 e. The highest BCUT2D eigenvalue weighted by Crippen LogP contribution is 2.05. The number of aromatic nitrogens is 2. The molecular weight excluding hydrogens is 413 g/mol. The Kier molecular flexibility index (Phi) is 10.1. The molecule has 132 valence electrons. The number of nitrogens with two attached hydrogens (primary N) is 1. The Morgan fingerprint density at radius 2 is 1.96 bits per heavy atom. The van der Waals surface area contributed by atoms with Gasteiger partial charge in [-0.05, 0) is 12.0 Å². The molecule has 2 rings (SSSR count). The SMILES string of the molecule is CCCCCCNC(N)=NCc1cnn(Cc2ccccc2)c1.I. The lowest BCUT2D eigenvalue weighted by Gasteiger charge is -2.04. The molecule has 0 saturated carbocycles. The molecule has 0 unspecified atom stereocenters. The molecule has 0 aliphatic rings. The zero-order valence-corrected chi connectivity index (χ0v) is 16.6. The molecular formula is C18H28IN5. The van der Waals surface area contributed by atoms with Crippen molar-refractivity contribution < 1.29 is 0 Å². The van der Waals surface area contributed by atoms with Crippen LogP contribution in [0.15, 0.2) is 47.7 Å². The zero-order chi connectivity index (χ0) is 16.3. The van der Waals surface area contributed by atoms with E-state index in [4.69, 9.17) is 5.73 Å². The minimum atomic E-state index is 0. The third-order valence-corrected chi connectivity index (χ3v) is 3.64. The van der Waals surface area contributed by atoms with Crippen molar-refractivity contribution in [1.82, 2.24) is 15.1 Å². The predicted octanol–water partition coefficient (Wildman–Crippen LogP) is 3.53. The summed E-state index contributed by atoms with van der Waals surface area (Å²) < 4.78 is 1.93. The molecule has 24 heavy (non-hydrogen) atoms. The van der Waals surface area contributed by atoms with Gasteiger partial charge in [0.2, 0.25) is 0 Å². The van der Waals surface area contributed by atoms with Crippen LogP contribution in [0.25, 0.3) is 0 Å². The molecule has 1 heterocycles. The Balaban J connectivity index is 0.00000288. The first-order valence-corrected chi connectivity index (χ1v) is 8.37. The van der Waals surface area contributed by atoms with E-state index in [1.54, 1.807) is 0 Å². The lowest BCUT2D eigenvalue weighted by molar-refractivity contribution is 0.652. The molecule has 1 aromatic carbocycles. The largest absolute Gasteiger partial charge is 0.370 e. The van der Waals surface area contributed by atoms with Crippen LogP contribution in [0.2, 0.25) is 0 Å². The molecule has 0 aliphatic heterocycles. The molecule has 2 aromatic rings. The van der Waals surface area contributed by atoms with E-state index >= 15 is 0 Å². The summed E-state index contributed by atoms with van der Waals surface area (Å²) in [4.78, 5) is 4.36. The summed E-state index contributed by atoms with van der Waals surface area (Å²) in [6.07, 6.45) is 8.77. The maximum Gasteiger partial charge on any atom is 0.188 e. The van der Waals surface area contributed by atoms with E-state index in [1.807, 2.05) is 35.3 Å². The van der Waals surface area contributed by atoms with E-state index in [0.29, 0.717) is 12.5 Å². The molecule has 1 aromatic heterocycles. The van der Waals surface area contributed by atoms with Crippen molar-refractivity contribution in [2.45, 2.75) is 45.7 Å². The van der Waals surface area contributed by atoms with Crippen LogP contribution in [0.1, 0.15) is 43.7 Å². The van der Waals surface area contributed by atoms with Gasteiger partial charge in [-0.3, -0.25) is 4.68 Å². The van der Waals surface area contributed by atoms with Gasteiger partial charge in [0.25, 0.3) is 0 Å². The maximum absolute atomic E-state index is 5.88. The van der Waals surface area contributed by atoms with Gasteiger partial charge >= 0.3 is 0 Å². The minimum Gasteiger partial charge on any atom is -0.370 e. The van der Waals surface area contributed by atoms with Gasteiger partial charge in [0.15, 0.2) is 5.96 Å². The van der Waals surface area contributed by atoms with E-state index in [0.717, 1.165) is 25.1 Å². The molecule has 0 fully saturated rings. The number of benzene rings is 1. The van der Waals surface area contributed by atoms with Crippen molar-refractivity contribution in [3.63, 3.8) is 0 Å². The van der Waals surface area contributed by atoms with Crippen molar-refractivity contribution in [2.75, 3.05) is 6.54 Å². The Morgan fingerprint density at radius 1 is 1.17 bits per heavy atom. The minimum absolute atomic E-state index is 0. The zero-order valence-electron chi connectivity index (χ0n) is 14.3. The third kappa shape index (κ3) is 7.81. The monoisotopic (exact) mass is 441 g/mol. The summed E-state index contributed by atoms with van der Waals surface area (Å²) in [6.45, 7) is 4.43. The van der Waals surface area contributed by atoms with Crippen LogP contribution in [0.5, 0.6) is 0 Å². The van der Waals surface area contributed by atoms with Gasteiger partial charge in [-0.15, -0.1) is 24.0 Å². The van der Waals surface area contributed by atoms with Crippen molar-refractivity contribution in [3.8, 4) is 0 Å². The van der Waals surface area contributed by atoms with Crippen LogP contribution < -0.4 is 11.1 Å². The van der Waals surface area contributed by atoms with Gasteiger partial charge < -0.3 is 11.1 Å². The van der Waals surface area contributed by atoms with Crippen LogP contribution in [0.3, 0.4) is 0 Å². The number of guanidine groups is 1. The number of nitrogens with zero attached hydrogens (tertiary/aromatic N) is 3. The topological polar surface area (TPSA) is 68.2 Å². The van der Waals surface area contributed by atoms with Gasteiger partial charge in [-0.25, -0.2) is 4.99 Å². The summed E-state index contributed by atoms with van der Waals surface area (Å²) in [5.41, 5.74) is 8.18. The van der Waals surface area contributed by atoms with E-state index in [-0.39, 0.29) is 24.0 Å². The Labute approximate surface area is 161 Å². The van der Waals surface area contributed by atoms with Crippen LogP contribution in [0.4, 0.5) is 0 Å². The van der Waals surface area contributed by atoms with Crippen molar-refractivity contribution in [1.29, 1.82) is 0 Å². The fourth-order valence-electron chi connectivity index (χ4n) is 2.35. The predicted molar refractivity (Wildman–Crippen MR) is 111 cm³/mol. The number of aliphatic imine (C=N–C) groups is 1. The summed E-state index contributed by atoms with van der Waals surface area (Å²) in [5.74, 6) is 0.511. The number of rotatable bonds is 9. The van der Waals surface area contributed by atoms with Crippen molar-refractivity contribution >= 4 is 29.9 Å². The fourth-order valence-corrected chi connectivity index (χ4v) is 2.35. The fraction of sp³-hybridized carbons (Fsp3) is 0.444. The van der Waals surface area contributed by atoms with Gasteiger partial charge in [-0.2, -0.15) is 5.10 Å². The number of halogens is 1. The molecule has 0 atom stereocenters.